The summed E-state index contributed by atoms with van der Waals surface area (Å²) in [6, 6.07) is 80.6. The van der Waals surface area contributed by atoms with Gasteiger partial charge in [-0.3, -0.25) is 0 Å². The first-order chi connectivity index (χ1) is 29.3. The van der Waals surface area contributed by atoms with Gasteiger partial charge in [-0.25, -0.2) is 0 Å². The van der Waals surface area contributed by atoms with Crippen LogP contribution in [-0.2, 0) is 0 Å². The number of fused-ring (bicyclic) bond motifs is 7. The maximum absolute atomic E-state index is 2.45. The maximum atomic E-state index is 2.45. The zero-order valence-electron chi connectivity index (χ0n) is 32.2. The molecule has 274 valence electrons. The third kappa shape index (κ3) is 5.36. The number of hydrogen-bond donors (Lipinski definition) is 0. The molecule has 1 aromatic heterocycles. The summed E-state index contributed by atoms with van der Waals surface area (Å²) in [5, 5.41) is 12.8. The Hall–Kier alpha value is -7.32. The van der Waals surface area contributed by atoms with Crippen molar-refractivity contribution in [1.82, 2.24) is 0 Å². The topological polar surface area (TPSA) is 0 Å². The standard InChI is InChI=1S/C58H36S/c1-3-17-37(18-4-1)39-21-15-22-40(35-39)55-42-23-7-9-25-44(42)56(45-26-10-8-24-43(45)55)41-33-34-53-52(36-41)50-31-16-32-51(58(50)59-53)57-48-29-13-11-27-46(48)54(38-19-5-2-6-20-38)47-28-12-14-30-49(47)57/h1-36H. The van der Waals surface area contributed by atoms with Crippen molar-refractivity contribution in [3.63, 3.8) is 0 Å². The molecule has 0 fully saturated rings. The molecule has 0 atom stereocenters. The van der Waals surface area contributed by atoms with Gasteiger partial charge in [-0.15, -0.1) is 11.3 Å². The van der Waals surface area contributed by atoms with Crippen LogP contribution in [0.5, 0.6) is 0 Å². The number of thiophene rings is 1. The molecule has 0 aliphatic rings. The second kappa shape index (κ2) is 13.7. The van der Waals surface area contributed by atoms with Crippen molar-refractivity contribution < 1.29 is 0 Å². The Bertz CT molecular complexity index is 3480. The van der Waals surface area contributed by atoms with Crippen molar-refractivity contribution in [1.29, 1.82) is 0 Å². The van der Waals surface area contributed by atoms with Crippen LogP contribution in [0, 0.1) is 0 Å². The predicted octanol–water partition coefficient (Wildman–Crippen LogP) is 17.0. The van der Waals surface area contributed by atoms with Gasteiger partial charge in [-0.1, -0.05) is 200 Å². The second-order valence-corrected chi connectivity index (χ2v) is 16.5. The van der Waals surface area contributed by atoms with Gasteiger partial charge in [0.25, 0.3) is 0 Å². The molecule has 0 spiro atoms. The number of hydrogen-bond acceptors (Lipinski definition) is 1. The maximum Gasteiger partial charge on any atom is 0.0434 e. The molecule has 0 saturated heterocycles. The molecule has 0 unspecified atom stereocenters. The highest BCUT2D eigenvalue weighted by Gasteiger charge is 2.21. The molecular weight excluding hydrogens is 729 g/mol. The molecule has 0 aliphatic heterocycles. The van der Waals surface area contributed by atoms with Crippen LogP contribution in [-0.4, -0.2) is 0 Å². The largest absolute Gasteiger partial charge is 0.135 e. The van der Waals surface area contributed by atoms with Crippen LogP contribution >= 0.6 is 11.3 Å². The summed E-state index contributed by atoms with van der Waals surface area (Å²) in [7, 11) is 0. The van der Waals surface area contributed by atoms with E-state index in [4.69, 9.17) is 0 Å². The van der Waals surface area contributed by atoms with E-state index in [9.17, 15) is 0 Å². The Morgan fingerprint density at radius 1 is 0.220 bits per heavy atom. The minimum absolute atomic E-state index is 1.22. The first-order valence-electron chi connectivity index (χ1n) is 20.3. The summed E-state index contributed by atoms with van der Waals surface area (Å²) >= 11 is 1.91. The van der Waals surface area contributed by atoms with E-state index in [1.165, 1.54) is 119 Å². The van der Waals surface area contributed by atoms with Gasteiger partial charge in [0.05, 0.1) is 0 Å². The van der Waals surface area contributed by atoms with Crippen LogP contribution in [0.4, 0.5) is 0 Å². The van der Waals surface area contributed by atoms with Crippen molar-refractivity contribution in [2.45, 2.75) is 0 Å². The summed E-state index contributed by atoms with van der Waals surface area (Å²) in [6.07, 6.45) is 0. The molecule has 0 saturated carbocycles. The minimum Gasteiger partial charge on any atom is -0.135 e. The lowest BCUT2D eigenvalue weighted by molar-refractivity contribution is 1.61. The molecule has 0 bridgehead atoms. The molecule has 59 heavy (non-hydrogen) atoms. The lowest BCUT2D eigenvalue weighted by Gasteiger charge is -2.18. The van der Waals surface area contributed by atoms with E-state index in [-0.39, 0.29) is 0 Å². The van der Waals surface area contributed by atoms with Crippen molar-refractivity contribution in [2.75, 3.05) is 0 Å². The Kier molecular flexibility index (Phi) is 7.82. The first kappa shape index (κ1) is 33.8. The third-order valence-corrected chi connectivity index (χ3v) is 13.5. The van der Waals surface area contributed by atoms with Crippen LogP contribution in [0.1, 0.15) is 0 Å². The summed E-state index contributed by atoms with van der Waals surface area (Å²) in [5.74, 6) is 0. The van der Waals surface area contributed by atoms with Gasteiger partial charge in [0.2, 0.25) is 0 Å². The van der Waals surface area contributed by atoms with Gasteiger partial charge in [0, 0.05) is 25.7 Å². The molecule has 11 aromatic carbocycles. The van der Waals surface area contributed by atoms with E-state index in [0.29, 0.717) is 0 Å². The smallest absolute Gasteiger partial charge is 0.0434 e. The Morgan fingerprint density at radius 3 is 1.15 bits per heavy atom. The molecule has 1 heterocycles. The molecule has 0 nitrogen and oxygen atoms in total. The SMILES string of the molecule is c1ccc(-c2cccc(-c3c4ccccc4c(-c4ccc5sc6c(-c7c8ccccc8c(-c8ccccc8)c8ccccc78)cccc6c5c4)c4ccccc34)c2)cc1. The quantitative estimate of drug-likeness (QED) is 0.153. The van der Waals surface area contributed by atoms with Crippen LogP contribution in [0.3, 0.4) is 0 Å². The highest BCUT2D eigenvalue weighted by molar-refractivity contribution is 7.26. The van der Waals surface area contributed by atoms with E-state index in [2.05, 4.69) is 218 Å². The van der Waals surface area contributed by atoms with Crippen molar-refractivity contribution in [2.24, 2.45) is 0 Å². The van der Waals surface area contributed by atoms with Crippen LogP contribution in [0.15, 0.2) is 218 Å². The zero-order valence-corrected chi connectivity index (χ0v) is 33.0. The molecule has 0 N–H and O–H groups in total. The molecule has 0 aliphatic carbocycles. The summed E-state index contributed by atoms with van der Waals surface area (Å²) in [6.45, 7) is 0. The van der Waals surface area contributed by atoms with Crippen molar-refractivity contribution in [3.8, 4) is 55.6 Å². The molecule has 12 aromatic rings. The average molecular weight is 765 g/mol. The van der Waals surface area contributed by atoms with Crippen molar-refractivity contribution in [3.05, 3.63) is 218 Å². The van der Waals surface area contributed by atoms with Gasteiger partial charge >= 0.3 is 0 Å². The monoisotopic (exact) mass is 764 g/mol. The molecule has 12 rings (SSSR count). The van der Waals surface area contributed by atoms with E-state index in [1.54, 1.807) is 0 Å². The number of rotatable bonds is 5. The number of benzene rings is 11. The van der Waals surface area contributed by atoms with Gasteiger partial charge in [0.1, 0.15) is 0 Å². The van der Waals surface area contributed by atoms with Gasteiger partial charge in [-0.05, 0) is 111 Å². The van der Waals surface area contributed by atoms with E-state index in [0.717, 1.165) is 0 Å². The molecule has 1 heteroatoms. The van der Waals surface area contributed by atoms with Crippen molar-refractivity contribution >= 4 is 74.6 Å². The van der Waals surface area contributed by atoms with Crippen LogP contribution in [0.2, 0.25) is 0 Å². The fraction of sp³-hybridized carbons (Fsp3) is 0. The lowest BCUT2D eigenvalue weighted by Crippen LogP contribution is -1.91. The summed E-state index contributed by atoms with van der Waals surface area (Å²) in [4.78, 5) is 0. The Morgan fingerprint density at radius 2 is 0.610 bits per heavy atom. The molecule has 0 radical (unpaired) electrons. The zero-order chi connectivity index (χ0) is 38.9. The first-order valence-corrected chi connectivity index (χ1v) is 21.2. The van der Waals surface area contributed by atoms with Crippen LogP contribution in [0.25, 0.3) is 119 Å². The van der Waals surface area contributed by atoms with E-state index >= 15 is 0 Å². The highest BCUT2D eigenvalue weighted by Crippen LogP contribution is 2.50. The fourth-order valence-corrected chi connectivity index (χ4v) is 10.9. The predicted molar refractivity (Wildman–Crippen MR) is 257 cm³/mol. The van der Waals surface area contributed by atoms with Crippen LogP contribution < -0.4 is 0 Å². The second-order valence-electron chi connectivity index (χ2n) is 15.5. The minimum atomic E-state index is 1.22. The summed E-state index contributed by atoms with van der Waals surface area (Å²) in [5.41, 5.74) is 12.6. The highest BCUT2D eigenvalue weighted by atomic mass is 32.1. The Labute approximate surface area is 346 Å². The van der Waals surface area contributed by atoms with E-state index < -0.39 is 0 Å². The normalized spacial score (nSPS) is 11.7. The van der Waals surface area contributed by atoms with Gasteiger partial charge in [0.15, 0.2) is 0 Å². The van der Waals surface area contributed by atoms with Gasteiger partial charge in [-0.2, -0.15) is 0 Å². The molecular formula is C58H36S. The van der Waals surface area contributed by atoms with E-state index in [1.807, 2.05) is 11.3 Å². The Balaban J connectivity index is 1.08. The average Bonchev–Trinajstić information content (AvgIpc) is 3.69. The third-order valence-electron chi connectivity index (χ3n) is 12.2. The van der Waals surface area contributed by atoms with Gasteiger partial charge < -0.3 is 0 Å². The lowest BCUT2D eigenvalue weighted by atomic mass is 9.85. The fourth-order valence-electron chi connectivity index (χ4n) is 9.72. The summed E-state index contributed by atoms with van der Waals surface area (Å²) < 4.78 is 2.62. The molecule has 0 amide bonds.